The van der Waals surface area contributed by atoms with Gasteiger partial charge in [0, 0.05) is 5.56 Å². The van der Waals surface area contributed by atoms with Crippen molar-refractivity contribution in [1.82, 2.24) is 0 Å². The van der Waals surface area contributed by atoms with E-state index in [2.05, 4.69) is 5.32 Å². The van der Waals surface area contributed by atoms with Gasteiger partial charge in [-0.1, -0.05) is 35.9 Å². The van der Waals surface area contributed by atoms with Crippen molar-refractivity contribution >= 4 is 29.2 Å². The first kappa shape index (κ1) is 13.1. The third kappa shape index (κ3) is 2.92. The SMILES string of the molecule is O=C(Nc1cccc(Cl)c1C(=O)O)c1ccccc1. The average molecular weight is 276 g/mol. The number of aromatic carboxylic acids is 1. The van der Waals surface area contributed by atoms with Crippen molar-refractivity contribution in [3.05, 3.63) is 64.7 Å². The summed E-state index contributed by atoms with van der Waals surface area (Å²) in [6.45, 7) is 0. The molecule has 0 aromatic heterocycles. The van der Waals surface area contributed by atoms with E-state index in [1.54, 1.807) is 36.4 Å². The van der Waals surface area contributed by atoms with E-state index in [0.29, 0.717) is 5.56 Å². The summed E-state index contributed by atoms with van der Waals surface area (Å²) in [5.41, 5.74) is 0.501. The Hall–Kier alpha value is -2.33. The van der Waals surface area contributed by atoms with E-state index < -0.39 is 5.97 Å². The summed E-state index contributed by atoms with van der Waals surface area (Å²) < 4.78 is 0. The molecule has 0 bridgehead atoms. The number of benzene rings is 2. The topological polar surface area (TPSA) is 66.4 Å². The summed E-state index contributed by atoms with van der Waals surface area (Å²) in [4.78, 5) is 23.1. The number of amides is 1. The highest BCUT2D eigenvalue weighted by Crippen LogP contribution is 2.24. The Morgan fingerprint density at radius 3 is 2.32 bits per heavy atom. The van der Waals surface area contributed by atoms with Crippen molar-refractivity contribution in [2.45, 2.75) is 0 Å². The maximum atomic E-state index is 12.0. The van der Waals surface area contributed by atoms with Crippen LogP contribution in [-0.2, 0) is 0 Å². The van der Waals surface area contributed by atoms with Gasteiger partial charge < -0.3 is 10.4 Å². The predicted molar refractivity (Wildman–Crippen MR) is 72.8 cm³/mol. The van der Waals surface area contributed by atoms with E-state index in [9.17, 15) is 9.59 Å². The van der Waals surface area contributed by atoms with Gasteiger partial charge in [0.1, 0.15) is 5.56 Å². The summed E-state index contributed by atoms with van der Waals surface area (Å²) in [6, 6.07) is 13.1. The van der Waals surface area contributed by atoms with Crippen LogP contribution in [0.25, 0.3) is 0 Å². The Bertz CT molecular complexity index is 626. The van der Waals surface area contributed by atoms with Gasteiger partial charge in [0.05, 0.1) is 10.7 Å². The zero-order valence-electron chi connectivity index (χ0n) is 9.76. The minimum Gasteiger partial charge on any atom is -0.478 e. The molecule has 96 valence electrons. The van der Waals surface area contributed by atoms with Crippen LogP contribution in [0.3, 0.4) is 0 Å². The molecule has 4 nitrogen and oxygen atoms in total. The first-order valence-electron chi connectivity index (χ1n) is 5.48. The quantitative estimate of drug-likeness (QED) is 0.903. The molecule has 0 aliphatic carbocycles. The molecule has 5 heteroatoms. The van der Waals surface area contributed by atoms with Crippen molar-refractivity contribution in [2.24, 2.45) is 0 Å². The van der Waals surface area contributed by atoms with E-state index in [-0.39, 0.29) is 22.2 Å². The van der Waals surface area contributed by atoms with Gasteiger partial charge in [0.2, 0.25) is 0 Å². The fourth-order valence-corrected chi connectivity index (χ4v) is 1.89. The summed E-state index contributed by atoms with van der Waals surface area (Å²) in [6.07, 6.45) is 0. The molecule has 19 heavy (non-hydrogen) atoms. The van der Waals surface area contributed by atoms with Crippen LogP contribution in [0.1, 0.15) is 20.7 Å². The van der Waals surface area contributed by atoms with Crippen LogP contribution < -0.4 is 5.32 Å². The lowest BCUT2D eigenvalue weighted by atomic mass is 10.1. The van der Waals surface area contributed by atoms with Crippen molar-refractivity contribution in [3.63, 3.8) is 0 Å². The first-order valence-corrected chi connectivity index (χ1v) is 5.85. The number of hydrogen-bond acceptors (Lipinski definition) is 2. The Balaban J connectivity index is 2.32. The maximum Gasteiger partial charge on any atom is 0.339 e. The van der Waals surface area contributed by atoms with Gasteiger partial charge in [0.15, 0.2) is 0 Å². The van der Waals surface area contributed by atoms with Gasteiger partial charge in [-0.3, -0.25) is 4.79 Å². The van der Waals surface area contributed by atoms with Crippen molar-refractivity contribution in [2.75, 3.05) is 5.32 Å². The number of carboxylic acids is 1. The third-order valence-electron chi connectivity index (χ3n) is 2.51. The highest BCUT2D eigenvalue weighted by molar-refractivity contribution is 6.34. The molecular weight excluding hydrogens is 266 g/mol. The van der Waals surface area contributed by atoms with Crippen molar-refractivity contribution < 1.29 is 14.7 Å². The van der Waals surface area contributed by atoms with Gasteiger partial charge >= 0.3 is 5.97 Å². The largest absolute Gasteiger partial charge is 0.478 e. The standard InChI is InChI=1S/C14H10ClNO3/c15-10-7-4-8-11(12(10)14(18)19)16-13(17)9-5-2-1-3-6-9/h1-8H,(H,16,17)(H,18,19). The number of carboxylic acid groups (broad SMARTS) is 1. The van der Waals surface area contributed by atoms with Gasteiger partial charge in [-0.2, -0.15) is 0 Å². The van der Waals surface area contributed by atoms with Crippen LogP contribution in [0.2, 0.25) is 5.02 Å². The normalized spacial score (nSPS) is 9.95. The van der Waals surface area contributed by atoms with Crippen LogP contribution in [0.5, 0.6) is 0 Å². The molecule has 0 atom stereocenters. The fraction of sp³-hybridized carbons (Fsp3) is 0. The molecule has 2 N–H and O–H groups in total. The minimum atomic E-state index is -1.19. The molecule has 0 aliphatic heterocycles. The molecule has 0 heterocycles. The molecule has 0 saturated heterocycles. The van der Waals surface area contributed by atoms with Crippen molar-refractivity contribution in [3.8, 4) is 0 Å². The van der Waals surface area contributed by atoms with E-state index >= 15 is 0 Å². The second-order valence-corrected chi connectivity index (χ2v) is 4.19. The smallest absolute Gasteiger partial charge is 0.339 e. The molecule has 0 unspecified atom stereocenters. The molecule has 2 rings (SSSR count). The number of hydrogen-bond donors (Lipinski definition) is 2. The molecule has 2 aromatic rings. The van der Waals surface area contributed by atoms with Crippen LogP contribution in [0.15, 0.2) is 48.5 Å². The van der Waals surface area contributed by atoms with Gasteiger partial charge in [0.25, 0.3) is 5.91 Å². The highest BCUT2D eigenvalue weighted by atomic mass is 35.5. The second-order valence-electron chi connectivity index (χ2n) is 3.79. The number of carbonyl (C=O) groups is 2. The Kier molecular flexibility index (Phi) is 3.82. The van der Waals surface area contributed by atoms with Crippen molar-refractivity contribution in [1.29, 1.82) is 0 Å². The second kappa shape index (κ2) is 5.54. The number of carbonyl (C=O) groups excluding carboxylic acids is 1. The molecule has 2 aromatic carbocycles. The number of rotatable bonds is 3. The Morgan fingerprint density at radius 2 is 1.68 bits per heavy atom. The van der Waals surface area contributed by atoms with Gasteiger partial charge in [-0.25, -0.2) is 4.79 Å². The Labute approximate surface area is 114 Å². The van der Waals surface area contributed by atoms with Crippen LogP contribution in [0, 0.1) is 0 Å². The van der Waals surface area contributed by atoms with E-state index in [4.69, 9.17) is 16.7 Å². The number of halogens is 1. The monoisotopic (exact) mass is 275 g/mol. The molecule has 0 radical (unpaired) electrons. The lowest BCUT2D eigenvalue weighted by Crippen LogP contribution is -2.14. The summed E-state index contributed by atoms with van der Waals surface area (Å²) in [7, 11) is 0. The maximum absolute atomic E-state index is 12.0. The molecule has 0 saturated carbocycles. The van der Waals surface area contributed by atoms with Gasteiger partial charge in [-0.05, 0) is 24.3 Å². The van der Waals surface area contributed by atoms with Crippen LogP contribution in [0.4, 0.5) is 5.69 Å². The summed E-state index contributed by atoms with van der Waals surface area (Å²) in [5, 5.41) is 11.7. The zero-order valence-corrected chi connectivity index (χ0v) is 10.5. The van der Waals surface area contributed by atoms with Crippen LogP contribution >= 0.6 is 11.6 Å². The summed E-state index contributed by atoms with van der Waals surface area (Å²) in [5.74, 6) is -1.57. The first-order chi connectivity index (χ1) is 9.09. The predicted octanol–water partition coefficient (Wildman–Crippen LogP) is 3.29. The lowest BCUT2D eigenvalue weighted by molar-refractivity contribution is 0.0698. The van der Waals surface area contributed by atoms with E-state index in [1.807, 2.05) is 0 Å². The van der Waals surface area contributed by atoms with Gasteiger partial charge in [-0.15, -0.1) is 0 Å². The fourth-order valence-electron chi connectivity index (χ4n) is 1.63. The highest BCUT2D eigenvalue weighted by Gasteiger charge is 2.16. The molecule has 1 amide bonds. The zero-order chi connectivity index (χ0) is 13.8. The summed E-state index contributed by atoms with van der Waals surface area (Å²) >= 11 is 5.82. The molecule has 0 fully saturated rings. The Morgan fingerprint density at radius 1 is 1.00 bits per heavy atom. The lowest BCUT2D eigenvalue weighted by Gasteiger charge is -2.09. The number of nitrogens with one attached hydrogen (secondary N) is 1. The van der Waals surface area contributed by atoms with E-state index in [0.717, 1.165) is 0 Å². The molecule has 0 spiro atoms. The average Bonchev–Trinajstić information content (AvgIpc) is 2.39. The number of anilines is 1. The van der Waals surface area contributed by atoms with E-state index in [1.165, 1.54) is 12.1 Å². The molecule has 0 aliphatic rings. The molecular formula is C14H10ClNO3. The van der Waals surface area contributed by atoms with Crippen LogP contribution in [-0.4, -0.2) is 17.0 Å². The minimum absolute atomic E-state index is 0.0818. The third-order valence-corrected chi connectivity index (χ3v) is 2.83.